The number of hydrogen-bond donors (Lipinski definition) is 1. The van der Waals surface area contributed by atoms with Crippen molar-refractivity contribution < 1.29 is 13.2 Å². The first-order valence-corrected chi connectivity index (χ1v) is 7.90. The smallest absolute Gasteiger partial charge is 0.174 e. The van der Waals surface area contributed by atoms with E-state index in [-0.39, 0.29) is 18.1 Å². The fourth-order valence-electron chi connectivity index (χ4n) is 1.50. The maximum absolute atomic E-state index is 11.3. The lowest BCUT2D eigenvalue weighted by atomic mass is 10.2. The highest BCUT2D eigenvalue weighted by Crippen LogP contribution is 2.17. The van der Waals surface area contributed by atoms with Gasteiger partial charge < -0.3 is 10.1 Å². The van der Waals surface area contributed by atoms with Crippen molar-refractivity contribution in [3.05, 3.63) is 29.8 Å². The Kier molecular flexibility index (Phi) is 6.33. The second-order valence-electron chi connectivity index (χ2n) is 3.97. The third-order valence-corrected chi connectivity index (χ3v) is 4.32. The van der Waals surface area contributed by atoms with Crippen molar-refractivity contribution in [2.24, 2.45) is 0 Å². The van der Waals surface area contributed by atoms with Crippen LogP contribution in [-0.4, -0.2) is 33.1 Å². The first kappa shape index (κ1) is 15.5. The maximum atomic E-state index is 11.3. The van der Waals surface area contributed by atoms with Crippen molar-refractivity contribution >= 4 is 9.84 Å². The van der Waals surface area contributed by atoms with Gasteiger partial charge in [-0.3, -0.25) is 0 Å². The fraction of sp³-hybridized carbons (Fsp3) is 0.462. The van der Waals surface area contributed by atoms with Gasteiger partial charge in [-0.15, -0.1) is 0 Å². The monoisotopic (exact) mass is 282 g/mol. The first-order valence-electron chi connectivity index (χ1n) is 6.08. The molecule has 1 aromatic carbocycles. The van der Waals surface area contributed by atoms with Crippen LogP contribution in [-0.2, 0) is 16.4 Å². The summed E-state index contributed by atoms with van der Waals surface area (Å²) >= 11 is 0. The van der Waals surface area contributed by atoms with Crippen LogP contribution in [0.2, 0.25) is 0 Å². The number of rotatable bonds is 8. The summed E-state index contributed by atoms with van der Waals surface area (Å²) in [5, 5.41) is 11.6. The van der Waals surface area contributed by atoms with E-state index in [4.69, 9.17) is 10.00 Å². The molecule has 5 nitrogen and oxygen atoms in total. The van der Waals surface area contributed by atoms with Crippen molar-refractivity contribution in [3.63, 3.8) is 0 Å². The summed E-state index contributed by atoms with van der Waals surface area (Å²) in [5.41, 5.74) is 0.909. The summed E-state index contributed by atoms with van der Waals surface area (Å²) in [6, 6.07) is 9.29. The molecule has 1 aromatic rings. The number of nitrogens with one attached hydrogen (secondary N) is 1. The van der Waals surface area contributed by atoms with Gasteiger partial charge in [-0.2, -0.15) is 5.26 Å². The number of nitriles is 1. The zero-order valence-electron chi connectivity index (χ0n) is 10.9. The predicted octanol–water partition coefficient (Wildman–Crippen LogP) is 1.11. The highest BCUT2D eigenvalue weighted by atomic mass is 32.2. The van der Waals surface area contributed by atoms with Gasteiger partial charge in [0.05, 0.1) is 5.75 Å². The Labute approximate surface area is 114 Å². The lowest BCUT2D eigenvalue weighted by Gasteiger charge is -2.10. The van der Waals surface area contributed by atoms with Crippen LogP contribution in [0.4, 0.5) is 0 Å². The number of nitrogens with zero attached hydrogens (tertiary/aromatic N) is 1. The van der Waals surface area contributed by atoms with Gasteiger partial charge in [-0.25, -0.2) is 8.42 Å². The molecule has 0 atom stereocenters. The minimum Gasteiger partial charge on any atom is -0.478 e. The molecule has 0 aromatic heterocycles. The van der Waals surface area contributed by atoms with E-state index >= 15 is 0 Å². The van der Waals surface area contributed by atoms with Gasteiger partial charge in [0.15, 0.2) is 16.4 Å². The summed E-state index contributed by atoms with van der Waals surface area (Å²) in [7, 11) is -2.94. The van der Waals surface area contributed by atoms with Crippen LogP contribution in [0, 0.1) is 11.3 Å². The number of para-hydroxylation sites is 1. The molecule has 1 rings (SSSR count). The van der Waals surface area contributed by atoms with Gasteiger partial charge >= 0.3 is 0 Å². The Morgan fingerprint density at radius 2 is 2.11 bits per heavy atom. The largest absolute Gasteiger partial charge is 0.478 e. The molecule has 0 radical (unpaired) electrons. The molecule has 0 saturated heterocycles. The van der Waals surface area contributed by atoms with Crippen molar-refractivity contribution in [1.29, 1.82) is 5.26 Å². The van der Waals surface area contributed by atoms with Crippen LogP contribution in [0.25, 0.3) is 0 Å². The zero-order chi connectivity index (χ0) is 14.1. The lowest BCUT2D eigenvalue weighted by molar-refractivity contribution is 0.363. The predicted molar refractivity (Wildman–Crippen MR) is 73.6 cm³/mol. The molecule has 104 valence electrons. The average molecular weight is 282 g/mol. The Balaban J connectivity index is 2.47. The number of sulfone groups is 1. The molecular formula is C13H18N2O3S. The molecule has 0 heterocycles. The molecule has 19 heavy (non-hydrogen) atoms. The quantitative estimate of drug-likeness (QED) is 0.723. The number of ether oxygens (including phenoxy) is 1. The van der Waals surface area contributed by atoms with E-state index in [2.05, 4.69) is 5.32 Å². The van der Waals surface area contributed by atoms with Crippen LogP contribution in [0.15, 0.2) is 24.3 Å². The van der Waals surface area contributed by atoms with Crippen molar-refractivity contribution in [2.75, 3.05) is 24.7 Å². The molecule has 0 fully saturated rings. The van der Waals surface area contributed by atoms with Gasteiger partial charge in [-0.05, 0) is 6.07 Å². The lowest BCUT2D eigenvalue weighted by Crippen LogP contribution is -2.23. The maximum Gasteiger partial charge on any atom is 0.174 e. The van der Waals surface area contributed by atoms with Gasteiger partial charge in [-0.1, -0.05) is 25.1 Å². The van der Waals surface area contributed by atoms with E-state index in [1.807, 2.05) is 24.3 Å². The molecule has 6 heteroatoms. The van der Waals surface area contributed by atoms with Crippen LogP contribution in [0.3, 0.4) is 0 Å². The van der Waals surface area contributed by atoms with Crippen LogP contribution in [0.1, 0.15) is 12.5 Å². The Morgan fingerprint density at radius 3 is 2.79 bits per heavy atom. The molecule has 0 spiro atoms. The second-order valence-corrected chi connectivity index (χ2v) is 6.44. The Hall–Kier alpha value is -1.58. The molecule has 0 aliphatic heterocycles. The third-order valence-electron chi connectivity index (χ3n) is 2.61. The molecule has 1 N–H and O–H groups in total. The number of benzene rings is 1. The van der Waals surface area contributed by atoms with Crippen molar-refractivity contribution in [2.45, 2.75) is 13.5 Å². The topological polar surface area (TPSA) is 79.2 Å². The number of hydrogen-bond acceptors (Lipinski definition) is 5. The van der Waals surface area contributed by atoms with E-state index in [1.165, 1.54) is 0 Å². The van der Waals surface area contributed by atoms with E-state index in [1.54, 1.807) is 13.0 Å². The van der Waals surface area contributed by atoms with E-state index in [0.717, 1.165) is 5.56 Å². The molecular weight excluding hydrogens is 264 g/mol. The van der Waals surface area contributed by atoms with Crippen LogP contribution in [0.5, 0.6) is 5.75 Å². The minimum absolute atomic E-state index is 0.00122. The highest BCUT2D eigenvalue weighted by Gasteiger charge is 2.07. The summed E-state index contributed by atoms with van der Waals surface area (Å²) < 4.78 is 27.9. The summed E-state index contributed by atoms with van der Waals surface area (Å²) in [6.45, 7) is 2.56. The Morgan fingerprint density at radius 1 is 1.37 bits per heavy atom. The van der Waals surface area contributed by atoms with E-state index in [0.29, 0.717) is 18.8 Å². The van der Waals surface area contributed by atoms with Gasteiger partial charge in [0, 0.05) is 24.4 Å². The molecule has 0 bridgehead atoms. The van der Waals surface area contributed by atoms with Gasteiger partial charge in [0.2, 0.25) is 0 Å². The normalized spacial score (nSPS) is 10.9. The molecule has 0 unspecified atom stereocenters. The van der Waals surface area contributed by atoms with Gasteiger partial charge in [0.25, 0.3) is 0 Å². The molecule has 0 saturated carbocycles. The zero-order valence-corrected chi connectivity index (χ0v) is 11.7. The molecule has 0 aliphatic carbocycles. The molecule has 0 aliphatic rings. The van der Waals surface area contributed by atoms with Crippen LogP contribution < -0.4 is 10.1 Å². The van der Waals surface area contributed by atoms with Gasteiger partial charge in [0.1, 0.15) is 11.8 Å². The standard InChI is InChI=1S/C13H18N2O3S/c1-2-19(16,17)10-8-15-11-12-5-3-4-6-13(12)18-9-7-14/h3-6,15H,2,8-11H2,1H3. The second kappa shape index (κ2) is 7.77. The third kappa shape index (κ3) is 5.73. The van der Waals surface area contributed by atoms with E-state index < -0.39 is 9.84 Å². The Bertz CT molecular complexity index is 535. The van der Waals surface area contributed by atoms with Crippen LogP contribution >= 0.6 is 0 Å². The summed E-state index contributed by atoms with van der Waals surface area (Å²) in [4.78, 5) is 0. The molecule has 0 amide bonds. The summed E-state index contributed by atoms with van der Waals surface area (Å²) in [6.07, 6.45) is 0. The van der Waals surface area contributed by atoms with E-state index in [9.17, 15) is 8.42 Å². The minimum atomic E-state index is -2.94. The van der Waals surface area contributed by atoms with Crippen molar-refractivity contribution in [3.8, 4) is 11.8 Å². The summed E-state index contributed by atoms with van der Waals surface area (Å²) in [5.74, 6) is 0.941. The average Bonchev–Trinajstić information content (AvgIpc) is 2.42. The van der Waals surface area contributed by atoms with Crippen molar-refractivity contribution in [1.82, 2.24) is 5.32 Å². The fourth-order valence-corrected chi connectivity index (χ4v) is 2.24. The highest BCUT2D eigenvalue weighted by molar-refractivity contribution is 7.91. The SMILES string of the molecule is CCS(=O)(=O)CCNCc1ccccc1OCC#N. The first-order chi connectivity index (χ1) is 9.09.